The molecule has 8 nitrogen and oxygen atoms in total. The molecular weight excluding hydrogens is 398 g/mol. The molecule has 1 aliphatic heterocycles. The van der Waals surface area contributed by atoms with E-state index in [0.29, 0.717) is 38.2 Å². The second-order valence-corrected chi connectivity index (χ2v) is 8.79. The van der Waals surface area contributed by atoms with E-state index in [0.717, 1.165) is 25.2 Å². The molecule has 1 saturated heterocycles. The largest absolute Gasteiger partial charge is 0.484 e. The van der Waals surface area contributed by atoms with Crippen molar-refractivity contribution in [3.8, 4) is 5.75 Å². The van der Waals surface area contributed by atoms with Gasteiger partial charge in [0.2, 0.25) is 0 Å². The SMILES string of the molecule is CC(=O)CCc1ccc(OCC(=O)NCCN2CCN(C(=O)OC(C)(C)C)CC2)cc1. The Morgan fingerprint density at radius 2 is 1.68 bits per heavy atom. The zero-order chi connectivity index (χ0) is 22.9. The molecule has 0 atom stereocenters. The molecule has 1 heterocycles. The summed E-state index contributed by atoms with van der Waals surface area (Å²) < 4.78 is 10.9. The van der Waals surface area contributed by atoms with Crippen LogP contribution in [0, 0.1) is 0 Å². The van der Waals surface area contributed by atoms with Crippen LogP contribution in [0.25, 0.3) is 0 Å². The fourth-order valence-electron chi connectivity index (χ4n) is 3.11. The Kier molecular flexibility index (Phi) is 9.30. The Morgan fingerprint density at radius 3 is 2.26 bits per heavy atom. The van der Waals surface area contributed by atoms with Gasteiger partial charge in [-0.15, -0.1) is 0 Å². The van der Waals surface area contributed by atoms with Crippen LogP contribution in [0.5, 0.6) is 5.75 Å². The van der Waals surface area contributed by atoms with E-state index in [1.165, 1.54) is 0 Å². The van der Waals surface area contributed by atoms with Crippen molar-refractivity contribution in [2.75, 3.05) is 45.9 Å². The number of carbonyl (C=O) groups excluding carboxylic acids is 3. The first-order chi connectivity index (χ1) is 14.6. The maximum atomic E-state index is 12.1. The van der Waals surface area contributed by atoms with Crippen LogP contribution in [0.3, 0.4) is 0 Å². The molecule has 2 rings (SSSR count). The monoisotopic (exact) mass is 433 g/mol. The number of hydrogen-bond acceptors (Lipinski definition) is 6. The van der Waals surface area contributed by atoms with Crippen molar-refractivity contribution in [2.24, 2.45) is 0 Å². The van der Waals surface area contributed by atoms with Gasteiger partial charge in [0.1, 0.15) is 17.1 Å². The molecule has 8 heteroatoms. The number of aryl methyl sites for hydroxylation is 1. The van der Waals surface area contributed by atoms with Gasteiger partial charge in [-0.05, 0) is 51.8 Å². The third kappa shape index (κ3) is 9.83. The minimum Gasteiger partial charge on any atom is -0.484 e. The molecule has 1 aromatic carbocycles. The lowest BCUT2D eigenvalue weighted by Gasteiger charge is -2.35. The van der Waals surface area contributed by atoms with Crippen LogP contribution < -0.4 is 10.1 Å². The number of benzene rings is 1. The summed E-state index contributed by atoms with van der Waals surface area (Å²) in [7, 11) is 0. The van der Waals surface area contributed by atoms with E-state index in [-0.39, 0.29) is 24.4 Å². The average Bonchev–Trinajstić information content (AvgIpc) is 2.70. The number of nitrogens with zero attached hydrogens (tertiary/aromatic N) is 2. The predicted octanol–water partition coefficient (Wildman–Crippen LogP) is 2.26. The molecule has 2 amide bonds. The fraction of sp³-hybridized carbons (Fsp3) is 0.609. The Labute approximate surface area is 184 Å². The fourth-order valence-corrected chi connectivity index (χ4v) is 3.11. The highest BCUT2D eigenvalue weighted by molar-refractivity contribution is 5.77. The lowest BCUT2D eigenvalue weighted by Crippen LogP contribution is -2.51. The number of Topliss-reactive ketones (excluding diaryl/α,β-unsaturated/α-hetero) is 1. The second kappa shape index (κ2) is 11.7. The minimum atomic E-state index is -0.488. The lowest BCUT2D eigenvalue weighted by molar-refractivity contribution is -0.123. The second-order valence-electron chi connectivity index (χ2n) is 8.79. The van der Waals surface area contributed by atoms with Crippen LogP contribution in [0.4, 0.5) is 4.79 Å². The summed E-state index contributed by atoms with van der Waals surface area (Å²) >= 11 is 0. The summed E-state index contributed by atoms with van der Waals surface area (Å²) in [6.45, 7) is 11.1. The van der Waals surface area contributed by atoms with Crippen molar-refractivity contribution >= 4 is 17.8 Å². The Hall–Kier alpha value is -2.61. The molecule has 172 valence electrons. The smallest absolute Gasteiger partial charge is 0.410 e. The lowest BCUT2D eigenvalue weighted by atomic mass is 10.1. The molecule has 1 aliphatic rings. The summed E-state index contributed by atoms with van der Waals surface area (Å²) in [5.74, 6) is 0.620. The van der Waals surface area contributed by atoms with Crippen LogP contribution in [0.1, 0.15) is 39.7 Å². The molecule has 0 aromatic heterocycles. The molecule has 1 fully saturated rings. The quantitative estimate of drug-likeness (QED) is 0.643. The third-order valence-corrected chi connectivity index (χ3v) is 4.83. The number of piperazine rings is 1. The van der Waals surface area contributed by atoms with Gasteiger partial charge < -0.3 is 24.5 Å². The van der Waals surface area contributed by atoms with Crippen molar-refractivity contribution < 1.29 is 23.9 Å². The maximum absolute atomic E-state index is 12.1. The molecule has 0 saturated carbocycles. The van der Waals surface area contributed by atoms with Crippen LogP contribution in [0.2, 0.25) is 0 Å². The van der Waals surface area contributed by atoms with E-state index in [1.54, 1.807) is 11.8 Å². The number of ether oxygens (including phenoxy) is 2. The Bertz CT molecular complexity index is 735. The van der Waals surface area contributed by atoms with Gasteiger partial charge in [-0.25, -0.2) is 4.79 Å². The molecular formula is C23H35N3O5. The number of carbonyl (C=O) groups is 3. The summed E-state index contributed by atoms with van der Waals surface area (Å²) in [6.07, 6.45) is 0.963. The molecule has 1 N–H and O–H groups in total. The molecule has 0 bridgehead atoms. The zero-order valence-electron chi connectivity index (χ0n) is 19.1. The van der Waals surface area contributed by atoms with Crippen molar-refractivity contribution in [3.63, 3.8) is 0 Å². The number of rotatable bonds is 9. The van der Waals surface area contributed by atoms with Gasteiger partial charge in [-0.3, -0.25) is 9.69 Å². The van der Waals surface area contributed by atoms with Gasteiger partial charge in [0.05, 0.1) is 0 Å². The summed E-state index contributed by atoms with van der Waals surface area (Å²) in [5.41, 5.74) is 0.580. The Morgan fingerprint density at radius 1 is 1.03 bits per heavy atom. The molecule has 31 heavy (non-hydrogen) atoms. The predicted molar refractivity (Wildman–Crippen MR) is 118 cm³/mol. The summed E-state index contributed by atoms with van der Waals surface area (Å²) in [5, 5.41) is 2.86. The van der Waals surface area contributed by atoms with E-state index in [1.807, 2.05) is 45.0 Å². The molecule has 0 spiro atoms. The summed E-state index contributed by atoms with van der Waals surface area (Å²) in [6, 6.07) is 7.44. The van der Waals surface area contributed by atoms with Crippen LogP contribution >= 0.6 is 0 Å². The highest BCUT2D eigenvalue weighted by Crippen LogP contribution is 2.14. The first-order valence-electron chi connectivity index (χ1n) is 10.8. The average molecular weight is 434 g/mol. The number of nitrogens with one attached hydrogen (secondary N) is 1. The van der Waals surface area contributed by atoms with Gasteiger partial charge >= 0.3 is 6.09 Å². The summed E-state index contributed by atoms with van der Waals surface area (Å²) in [4.78, 5) is 39.1. The van der Waals surface area contributed by atoms with Gasteiger partial charge in [0, 0.05) is 45.7 Å². The van der Waals surface area contributed by atoms with Crippen LogP contribution in [-0.4, -0.2) is 79.1 Å². The highest BCUT2D eigenvalue weighted by Gasteiger charge is 2.25. The van der Waals surface area contributed by atoms with E-state index >= 15 is 0 Å². The van der Waals surface area contributed by atoms with Crippen LogP contribution in [0.15, 0.2) is 24.3 Å². The first-order valence-corrected chi connectivity index (χ1v) is 10.8. The van der Waals surface area contributed by atoms with E-state index < -0.39 is 5.60 Å². The first kappa shape index (κ1) is 24.7. The maximum Gasteiger partial charge on any atom is 0.410 e. The highest BCUT2D eigenvalue weighted by atomic mass is 16.6. The molecule has 0 aliphatic carbocycles. The van der Waals surface area contributed by atoms with Crippen LogP contribution in [-0.2, 0) is 20.7 Å². The number of hydrogen-bond donors (Lipinski definition) is 1. The van der Waals surface area contributed by atoms with E-state index in [4.69, 9.17) is 9.47 Å². The topological polar surface area (TPSA) is 88.2 Å². The molecule has 1 aromatic rings. The third-order valence-electron chi connectivity index (χ3n) is 4.83. The number of ketones is 1. The number of amides is 2. The molecule has 0 unspecified atom stereocenters. The molecule has 0 radical (unpaired) electrons. The van der Waals surface area contributed by atoms with Crippen molar-refractivity contribution in [1.82, 2.24) is 15.1 Å². The van der Waals surface area contributed by atoms with Gasteiger partial charge in [0.25, 0.3) is 5.91 Å². The van der Waals surface area contributed by atoms with E-state index in [9.17, 15) is 14.4 Å². The van der Waals surface area contributed by atoms with Crippen molar-refractivity contribution in [3.05, 3.63) is 29.8 Å². The van der Waals surface area contributed by atoms with E-state index in [2.05, 4.69) is 10.2 Å². The normalized spacial score (nSPS) is 14.8. The minimum absolute atomic E-state index is 0.0424. The zero-order valence-corrected chi connectivity index (χ0v) is 19.1. The van der Waals surface area contributed by atoms with Crippen molar-refractivity contribution in [1.29, 1.82) is 0 Å². The van der Waals surface area contributed by atoms with Gasteiger partial charge in [-0.1, -0.05) is 12.1 Å². The van der Waals surface area contributed by atoms with Gasteiger partial charge in [-0.2, -0.15) is 0 Å². The Balaban J connectivity index is 1.59. The standard InChI is InChI=1S/C23H35N3O5/c1-18(27)5-6-19-7-9-20(10-8-19)30-17-21(28)24-11-12-25-13-15-26(16-14-25)22(29)31-23(2,3)4/h7-10H,5-6,11-17H2,1-4H3,(H,24,28). The van der Waals surface area contributed by atoms with Crippen molar-refractivity contribution in [2.45, 2.75) is 46.1 Å². The van der Waals surface area contributed by atoms with Gasteiger partial charge in [0.15, 0.2) is 6.61 Å².